The Morgan fingerprint density at radius 2 is 0.889 bits per heavy atom. The summed E-state index contributed by atoms with van der Waals surface area (Å²) >= 11 is 0. The summed E-state index contributed by atoms with van der Waals surface area (Å²) in [5, 5.41) is 9.19. The third-order valence-corrected chi connectivity index (χ3v) is 4.20. The molecule has 1 aliphatic rings. The van der Waals surface area contributed by atoms with Crippen molar-refractivity contribution in [1.82, 2.24) is 0 Å². The second-order valence-corrected chi connectivity index (χ2v) is 5.86. The number of hydrogen-bond acceptors (Lipinski definition) is 1. The molecule has 0 atom stereocenters. The zero-order chi connectivity index (χ0) is 13.1. The molecule has 0 heterocycles. The van der Waals surface area contributed by atoms with E-state index in [0.29, 0.717) is 0 Å². The molecule has 0 radical (unpaired) electrons. The minimum atomic E-state index is -0.570. The molecule has 1 aliphatic carbocycles. The van der Waals surface area contributed by atoms with Gasteiger partial charge < -0.3 is 5.11 Å². The van der Waals surface area contributed by atoms with E-state index in [-0.39, 0.29) is 5.92 Å². The van der Waals surface area contributed by atoms with Crippen LogP contribution < -0.4 is 0 Å². The van der Waals surface area contributed by atoms with Gasteiger partial charge >= 0.3 is 5.97 Å². The summed E-state index contributed by atoms with van der Waals surface area (Å²) < 4.78 is 0. The van der Waals surface area contributed by atoms with Crippen molar-refractivity contribution in [3.05, 3.63) is 0 Å². The standard InChI is InChI=1S/C16H30O2/c17-16(18)15-13-11-9-7-5-3-1-2-4-6-8-10-12-14-15/h15H,1-14H2,(H,17,18). The second-order valence-electron chi connectivity index (χ2n) is 5.86. The van der Waals surface area contributed by atoms with Crippen LogP contribution in [0.5, 0.6) is 0 Å². The number of aliphatic carboxylic acids is 1. The SMILES string of the molecule is O=C(O)C1CCCCCCCCCCCCCC1. The largest absolute Gasteiger partial charge is 0.481 e. The van der Waals surface area contributed by atoms with Crippen LogP contribution in [0.3, 0.4) is 0 Å². The van der Waals surface area contributed by atoms with E-state index in [1.807, 2.05) is 0 Å². The lowest BCUT2D eigenvalue weighted by molar-refractivity contribution is -0.142. The predicted octanol–water partition coefficient (Wildman–Crippen LogP) is 5.16. The minimum absolute atomic E-state index is 0.0740. The first-order chi connectivity index (χ1) is 8.80. The van der Waals surface area contributed by atoms with Crippen molar-refractivity contribution >= 4 is 5.97 Å². The van der Waals surface area contributed by atoms with Crippen molar-refractivity contribution in [1.29, 1.82) is 0 Å². The lowest BCUT2D eigenvalue weighted by Crippen LogP contribution is -2.13. The second kappa shape index (κ2) is 10.4. The van der Waals surface area contributed by atoms with Crippen molar-refractivity contribution in [3.8, 4) is 0 Å². The van der Waals surface area contributed by atoms with Crippen molar-refractivity contribution in [2.24, 2.45) is 5.92 Å². The Kier molecular flexibility index (Phi) is 8.97. The fourth-order valence-electron chi connectivity index (χ4n) is 2.94. The fourth-order valence-corrected chi connectivity index (χ4v) is 2.94. The number of hydrogen-bond donors (Lipinski definition) is 1. The normalized spacial score (nSPS) is 22.9. The molecule has 0 aliphatic heterocycles. The Bertz CT molecular complexity index is 197. The van der Waals surface area contributed by atoms with Gasteiger partial charge in [0.25, 0.3) is 0 Å². The van der Waals surface area contributed by atoms with Crippen molar-refractivity contribution < 1.29 is 9.90 Å². The highest BCUT2D eigenvalue weighted by Crippen LogP contribution is 2.20. The van der Waals surface area contributed by atoms with Gasteiger partial charge in [0.2, 0.25) is 0 Å². The highest BCUT2D eigenvalue weighted by atomic mass is 16.4. The van der Waals surface area contributed by atoms with Gasteiger partial charge in [-0.1, -0.05) is 77.0 Å². The van der Waals surface area contributed by atoms with Gasteiger partial charge in [-0.05, 0) is 12.8 Å². The van der Waals surface area contributed by atoms with Crippen LogP contribution in [0.25, 0.3) is 0 Å². The Hall–Kier alpha value is -0.530. The highest BCUT2D eigenvalue weighted by molar-refractivity contribution is 5.69. The Balaban J connectivity index is 2.26. The number of carboxylic acid groups (broad SMARTS) is 1. The quantitative estimate of drug-likeness (QED) is 0.701. The van der Waals surface area contributed by atoms with Crippen LogP contribution in [0.15, 0.2) is 0 Å². The van der Waals surface area contributed by atoms with E-state index in [1.165, 1.54) is 64.2 Å². The molecular weight excluding hydrogens is 224 g/mol. The minimum Gasteiger partial charge on any atom is -0.481 e. The van der Waals surface area contributed by atoms with E-state index < -0.39 is 5.97 Å². The Morgan fingerprint density at radius 3 is 1.17 bits per heavy atom. The molecule has 0 spiro atoms. The third kappa shape index (κ3) is 7.73. The first-order valence-corrected chi connectivity index (χ1v) is 8.03. The van der Waals surface area contributed by atoms with Gasteiger partial charge in [0, 0.05) is 0 Å². The Morgan fingerprint density at radius 1 is 0.611 bits per heavy atom. The van der Waals surface area contributed by atoms with Crippen molar-refractivity contribution in [3.63, 3.8) is 0 Å². The summed E-state index contributed by atoms with van der Waals surface area (Å²) in [6.45, 7) is 0. The molecule has 2 heteroatoms. The fraction of sp³-hybridized carbons (Fsp3) is 0.938. The average molecular weight is 254 g/mol. The summed E-state index contributed by atoms with van der Waals surface area (Å²) in [6.07, 6.45) is 17.3. The molecule has 0 unspecified atom stereocenters. The van der Waals surface area contributed by atoms with E-state index in [0.717, 1.165) is 25.7 Å². The summed E-state index contributed by atoms with van der Waals surface area (Å²) in [5.74, 6) is -0.644. The highest BCUT2D eigenvalue weighted by Gasteiger charge is 2.16. The molecule has 0 aromatic heterocycles. The van der Waals surface area contributed by atoms with Crippen LogP contribution in [-0.4, -0.2) is 11.1 Å². The first-order valence-electron chi connectivity index (χ1n) is 8.03. The maximum Gasteiger partial charge on any atom is 0.306 e. The van der Waals surface area contributed by atoms with Gasteiger partial charge in [0.05, 0.1) is 5.92 Å². The van der Waals surface area contributed by atoms with E-state index >= 15 is 0 Å². The van der Waals surface area contributed by atoms with Crippen molar-refractivity contribution in [2.45, 2.75) is 89.9 Å². The maximum atomic E-state index is 11.1. The van der Waals surface area contributed by atoms with Crippen LogP contribution in [0.2, 0.25) is 0 Å². The summed E-state index contributed by atoms with van der Waals surface area (Å²) in [6, 6.07) is 0. The molecule has 2 nitrogen and oxygen atoms in total. The zero-order valence-corrected chi connectivity index (χ0v) is 11.8. The molecule has 106 valence electrons. The van der Waals surface area contributed by atoms with Crippen LogP contribution >= 0.6 is 0 Å². The van der Waals surface area contributed by atoms with Crippen LogP contribution in [0.1, 0.15) is 89.9 Å². The molecule has 0 amide bonds. The lowest BCUT2D eigenvalue weighted by atomic mass is 9.94. The summed E-state index contributed by atoms with van der Waals surface area (Å²) in [7, 11) is 0. The maximum absolute atomic E-state index is 11.1. The van der Waals surface area contributed by atoms with Crippen LogP contribution in [-0.2, 0) is 4.79 Å². The molecule has 1 rings (SSSR count). The van der Waals surface area contributed by atoms with E-state index in [9.17, 15) is 9.90 Å². The topological polar surface area (TPSA) is 37.3 Å². The van der Waals surface area contributed by atoms with E-state index in [2.05, 4.69) is 0 Å². The molecule has 0 aromatic rings. The molecule has 18 heavy (non-hydrogen) atoms. The first kappa shape index (κ1) is 15.5. The van der Waals surface area contributed by atoms with Gasteiger partial charge in [-0.15, -0.1) is 0 Å². The number of rotatable bonds is 1. The Labute approximate surface area is 112 Å². The molecule has 1 N–H and O–H groups in total. The third-order valence-electron chi connectivity index (χ3n) is 4.20. The van der Waals surface area contributed by atoms with Gasteiger partial charge in [0.15, 0.2) is 0 Å². The monoisotopic (exact) mass is 254 g/mol. The number of carbonyl (C=O) groups is 1. The predicted molar refractivity (Wildman–Crippen MR) is 75.8 cm³/mol. The molecule has 0 saturated heterocycles. The smallest absolute Gasteiger partial charge is 0.306 e. The summed E-state index contributed by atoms with van der Waals surface area (Å²) in [4.78, 5) is 11.1. The molecular formula is C16H30O2. The molecule has 0 bridgehead atoms. The number of carboxylic acids is 1. The molecule has 1 fully saturated rings. The van der Waals surface area contributed by atoms with Gasteiger partial charge in [0.1, 0.15) is 0 Å². The van der Waals surface area contributed by atoms with Gasteiger partial charge in [-0.3, -0.25) is 4.79 Å². The van der Waals surface area contributed by atoms with E-state index in [4.69, 9.17) is 0 Å². The summed E-state index contributed by atoms with van der Waals surface area (Å²) in [5.41, 5.74) is 0. The van der Waals surface area contributed by atoms with Crippen LogP contribution in [0.4, 0.5) is 0 Å². The molecule has 0 aromatic carbocycles. The van der Waals surface area contributed by atoms with Gasteiger partial charge in [-0.2, -0.15) is 0 Å². The van der Waals surface area contributed by atoms with E-state index in [1.54, 1.807) is 0 Å². The van der Waals surface area contributed by atoms with Gasteiger partial charge in [-0.25, -0.2) is 0 Å². The lowest BCUT2D eigenvalue weighted by Gasteiger charge is -2.11. The van der Waals surface area contributed by atoms with Crippen LogP contribution in [0, 0.1) is 5.92 Å². The zero-order valence-electron chi connectivity index (χ0n) is 11.8. The average Bonchev–Trinajstić information content (AvgIpc) is 2.36. The van der Waals surface area contributed by atoms with Crippen molar-refractivity contribution in [2.75, 3.05) is 0 Å². The molecule has 1 saturated carbocycles.